The van der Waals surface area contributed by atoms with Gasteiger partial charge in [-0.05, 0) is 6.08 Å². The van der Waals surface area contributed by atoms with E-state index in [2.05, 4.69) is 5.73 Å². The Hall–Kier alpha value is -0.910. The SMILES string of the molecule is NC1(F)C(F)=CC=CC1C(F)(F)F. The zero-order valence-electron chi connectivity index (χ0n) is 6.28. The van der Waals surface area contributed by atoms with Crippen LogP contribution in [0.3, 0.4) is 0 Å². The van der Waals surface area contributed by atoms with E-state index in [1.165, 1.54) is 0 Å². The Morgan fingerprint density at radius 3 is 2.31 bits per heavy atom. The maximum absolute atomic E-state index is 13.0. The van der Waals surface area contributed by atoms with Gasteiger partial charge in [0.05, 0.1) is 0 Å². The van der Waals surface area contributed by atoms with Crippen molar-refractivity contribution >= 4 is 0 Å². The first-order valence-corrected chi connectivity index (χ1v) is 3.35. The minimum atomic E-state index is -4.88. The number of alkyl halides is 4. The predicted molar refractivity (Wildman–Crippen MR) is 35.9 cm³/mol. The van der Waals surface area contributed by atoms with Crippen LogP contribution in [0.5, 0.6) is 0 Å². The summed E-state index contributed by atoms with van der Waals surface area (Å²) >= 11 is 0. The van der Waals surface area contributed by atoms with Gasteiger partial charge in [-0.3, -0.25) is 5.73 Å². The van der Waals surface area contributed by atoms with Gasteiger partial charge in [0.15, 0.2) is 5.83 Å². The fourth-order valence-corrected chi connectivity index (χ4v) is 1.01. The molecule has 74 valence electrons. The summed E-state index contributed by atoms with van der Waals surface area (Å²) in [5, 5.41) is 0. The van der Waals surface area contributed by atoms with E-state index >= 15 is 0 Å². The highest BCUT2D eigenvalue weighted by molar-refractivity contribution is 5.26. The number of rotatable bonds is 0. The van der Waals surface area contributed by atoms with E-state index in [0.29, 0.717) is 12.2 Å². The van der Waals surface area contributed by atoms with Gasteiger partial charge in [-0.2, -0.15) is 13.2 Å². The van der Waals surface area contributed by atoms with Crippen molar-refractivity contribution in [2.24, 2.45) is 11.7 Å². The molecule has 2 atom stereocenters. The molecule has 1 nitrogen and oxygen atoms in total. The van der Waals surface area contributed by atoms with Crippen LogP contribution in [0.1, 0.15) is 0 Å². The molecule has 2 N–H and O–H groups in total. The van der Waals surface area contributed by atoms with E-state index in [9.17, 15) is 22.0 Å². The van der Waals surface area contributed by atoms with Gasteiger partial charge in [-0.25, -0.2) is 8.78 Å². The molecule has 1 rings (SSSR count). The second kappa shape index (κ2) is 2.80. The van der Waals surface area contributed by atoms with Gasteiger partial charge >= 0.3 is 6.18 Å². The maximum atomic E-state index is 13.0. The summed E-state index contributed by atoms with van der Waals surface area (Å²) in [5.74, 6) is -7.71. The smallest absolute Gasteiger partial charge is 0.293 e. The lowest BCUT2D eigenvalue weighted by atomic mass is 9.92. The third-order valence-corrected chi connectivity index (χ3v) is 1.72. The van der Waals surface area contributed by atoms with E-state index in [4.69, 9.17) is 0 Å². The van der Waals surface area contributed by atoms with E-state index in [1.54, 1.807) is 0 Å². The molecule has 1 aliphatic carbocycles. The molecule has 0 aromatic carbocycles. The molecule has 0 saturated carbocycles. The molecule has 0 aliphatic heterocycles. The van der Waals surface area contributed by atoms with Crippen LogP contribution >= 0.6 is 0 Å². The molecule has 0 bridgehead atoms. The second-order valence-corrected chi connectivity index (χ2v) is 2.69. The van der Waals surface area contributed by atoms with Crippen LogP contribution in [0.25, 0.3) is 0 Å². The fraction of sp³-hybridized carbons (Fsp3) is 0.429. The maximum Gasteiger partial charge on any atom is 0.400 e. The van der Waals surface area contributed by atoms with Gasteiger partial charge < -0.3 is 0 Å². The van der Waals surface area contributed by atoms with Gasteiger partial charge in [-0.1, -0.05) is 12.2 Å². The summed E-state index contributed by atoms with van der Waals surface area (Å²) in [5.41, 5.74) is 4.57. The minimum absolute atomic E-state index is 0.489. The van der Waals surface area contributed by atoms with Crippen LogP contribution in [-0.4, -0.2) is 12.0 Å². The highest BCUT2D eigenvalue weighted by Gasteiger charge is 2.54. The first-order chi connectivity index (χ1) is 5.76. The first-order valence-electron chi connectivity index (χ1n) is 3.35. The molecule has 0 amide bonds. The highest BCUT2D eigenvalue weighted by Crippen LogP contribution is 2.41. The average Bonchev–Trinajstić information content (AvgIpc) is 1.92. The summed E-state index contributed by atoms with van der Waals surface area (Å²) < 4.78 is 61.7. The van der Waals surface area contributed by atoms with Crippen LogP contribution in [-0.2, 0) is 0 Å². The molecular weight excluding hydrogens is 193 g/mol. The van der Waals surface area contributed by atoms with Crippen LogP contribution in [0.2, 0.25) is 0 Å². The highest BCUT2D eigenvalue weighted by atomic mass is 19.4. The van der Waals surface area contributed by atoms with Crippen molar-refractivity contribution in [3.63, 3.8) is 0 Å². The summed E-state index contributed by atoms with van der Waals surface area (Å²) in [6.45, 7) is 0. The van der Waals surface area contributed by atoms with Crippen molar-refractivity contribution in [3.05, 3.63) is 24.1 Å². The van der Waals surface area contributed by atoms with Crippen LogP contribution in [0, 0.1) is 5.92 Å². The second-order valence-electron chi connectivity index (χ2n) is 2.69. The minimum Gasteiger partial charge on any atom is -0.293 e. The molecule has 2 unspecified atom stereocenters. The molecule has 0 aromatic heterocycles. The van der Waals surface area contributed by atoms with Crippen LogP contribution in [0.4, 0.5) is 22.0 Å². The zero-order chi connectivity index (χ0) is 10.3. The summed E-state index contributed by atoms with van der Waals surface area (Å²) in [4.78, 5) is 0. The average molecular weight is 199 g/mol. The largest absolute Gasteiger partial charge is 0.400 e. The number of hydrogen-bond donors (Lipinski definition) is 1. The molecule has 0 spiro atoms. The lowest BCUT2D eigenvalue weighted by Gasteiger charge is -2.30. The van der Waals surface area contributed by atoms with Crippen molar-refractivity contribution in [1.82, 2.24) is 0 Å². The van der Waals surface area contributed by atoms with E-state index in [0.717, 1.165) is 6.08 Å². The first kappa shape index (κ1) is 10.2. The lowest BCUT2D eigenvalue weighted by Crippen LogP contribution is -2.50. The van der Waals surface area contributed by atoms with Crippen molar-refractivity contribution in [2.45, 2.75) is 12.0 Å². The molecular formula is C7H6F5N. The van der Waals surface area contributed by atoms with Gasteiger partial charge in [0.25, 0.3) is 0 Å². The lowest BCUT2D eigenvalue weighted by molar-refractivity contribution is -0.191. The Labute approximate surface area is 70.7 Å². The number of halogens is 5. The fourth-order valence-electron chi connectivity index (χ4n) is 1.01. The summed E-state index contributed by atoms with van der Waals surface area (Å²) in [6.07, 6.45) is -3.03. The van der Waals surface area contributed by atoms with Crippen molar-refractivity contribution in [2.75, 3.05) is 0 Å². The van der Waals surface area contributed by atoms with Gasteiger partial charge in [0.1, 0.15) is 5.92 Å². The molecule has 0 saturated heterocycles. The van der Waals surface area contributed by atoms with E-state index < -0.39 is 23.7 Å². The molecule has 1 aliphatic rings. The van der Waals surface area contributed by atoms with Crippen LogP contribution in [0.15, 0.2) is 24.1 Å². The van der Waals surface area contributed by atoms with Gasteiger partial charge in [0, 0.05) is 0 Å². The van der Waals surface area contributed by atoms with Crippen molar-refractivity contribution < 1.29 is 22.0 Å². The standard InChI is InChI=1S/C7H6F5N/c8-5-3-1-2-4(6(5,9)13)7(10,11)12/h1-4H,13H2. The molecule has 6 heteroatoms. The third-order valence-electron chi connectivity index (χ3n) is 1.72. The Bertz CT molecular complexity index is 263. The molecule has 13 heavy (non-hydrogen) atoms. The Morgan fingerprint density at radius 2 is 1.92 bits per heavy atom. The van der Waals surface area contributed by atoms with Crippen molar-refractivity contribution in [3.8, 4) is 0 Å². The number of nitrogens with two attached hydrogens (primary N) is 1. The Morgan fingerprint density at radius 1 is 1.38 bits per heavy atom. The molecule has 0 fully saturated rings. The Balaban J connectivity index is 3.03. The zero-order valence-corrected chi connectivity index (χ0v) is 6.28. The van der Waals surface area contributed by atoms with Crippen molar-refractivity contribution in [1.29, 1.82) is 0 Å². The molecule has 0 radical (unpaired) electrons. The topological polar surface area (TPSA) is 26.0 Å². The summed E-state index contributed by atoms with van der Waals surface area (Å²) in [7, 11) is 0. The molecule has 0 aromatic rings. The predicted octanol–water partition coefficient (Wildman–Crippen LogP) is 2.21. The quantitative estimate of drug-likeness (QED) is 0.469. The van der Waals surface area contributed by atoms with E-state index in [-0.39, 0.29) is 0 Å². The normalized spacial score (nSPS) is 34.6. The molecule has 0 heterocycles. The Kier molecular flexibility index (Phi) is 2.19. The number of allylic oxidation sites excluding steroid dienone is 2. The number of hydrogen-bond acceptors (Lipinski definition) is 1. The van der Waals surface area contributed by atoms with E-state index in [1.807, 2.05) is 0 Å². The van der Waals surface area contributed by atoms with Crippen LogP contribution < -0.4 is 5.73 Å². The monoisotopic (exact) mass is 199 g/mol. The summed E-state index contributed by atoms with van der Waals surface area (Å²) in [6, 6.07) is 0. The van der Waals surface area contributed by atoms with Gasteiger partial charge in [0.2, 0.25) is 5.79 Å². The van der Waals surface area contributed by atoms with Gasteiger partial charge in [-0.15, -0.1) is 0 Å². The third kappa shape index (κ3) is 1.72.